The summed E-state index contributed by atoms with van der Waals surface area (Å²) in [5, 5.41) is 3.15. The van der Waals surface area contributed by atoms with Crippen molar-refractivity contribution in [2.45, 2.75) is 6.42 Å². The predicted molar refractivity (Wildman–Crippen MR) is 106 cm³/mol. The van der Waals surface area contributed by atoms with Gasteiger partial charge in [0.2, 0.25) is 11.8 Å². The summed E-state index contributed by atoms with van der Waals surface area (Å²) >= 11 is 1.20. The third-order valence-electron chi connectivity index (χ3n) is 4.91. The number of thiazole rings is 1. The van der Waals surface area contributed by atoms with Crippen LogP contribution in [0.15, 0.2) is 36.4 Å². The molecule has 3 heterocycles. The van der Waals surface area contributed by atoms with Crippen LogP contribution in [-0.2, 0) is 9.59 Å². The van der Waals surface area contributed by atoms with Crippen LogP contribution in [0, 0.1) is 11.7 Å². The fraction of sp³-hybridized carbons (Fsp3) is 0.250. The molecule has 7 nitrogen and oxygen atoms in total. The van der Waals surface area contributed by atoms with Crippen molar-refractivity contribution in [2.24, 2.45) is 5.92 Å². The summed E-state index contributed by atoms with van der Waals surface area (Å²) in [5.74, 6) is -0.0228. The molecule has 1 fully saturated rings. The SMILES string of the molecule is O=C(Nc1nc2ccc(F)cc2s1)[C@H]1CC(=O)N(c2ccc3c(c2)OCCO3)C1. The highest BCUT2D eigenvalue weighted by Gasteiger charge is 2.36. The molecule has 0 bridgehead atoms. The van der Waals surface area contributed by atoms with Crippen LogP contribution in [0.4, 0.5) is 15.2 Å². The summed E-state index contributed by atoms with van der Waals surface area (Å²) in [6.07, 6.45) is 0.111. The predicted octanol–water partition coefficient (Wildman–Crippen LogP) is 3.20. The number of nitrogens with one attached hydrogen (secondary N) is 1. The molecule has 5 rings (SSSR count). The highest BCUT2D eigenvalue weighted by molar-refractivity contribution is 7.22. The summed E-state index contributed by atoms with van der Waals surface area (Å²) in [6.45, 7) is 1.22. The Morgan fingerprint density at radius 1 is 1.17 bits per heavy atom. The van der Waals surface area contributed by atoms with Crippen LogP contribution in [-0.4, -0.2) is 36.6 Å². The first-order chi connectivity index (χ1) is 14.1. The largest absolute Gasteiger partial charge is 0.486 e. The average Bonchev–Trinajstić information content (AvgIpc) is 3.30. The van der Waals surface area contributed by atoms with Crippen LogP contribution in [0.25, 0.3) is 10.2 Å². The molecule has 0 unspecified atom stereocenters. The summed E-state index contributed by atoms with van der Waals surface area (Å²) < 4.78 is 25.1. The van der Waals surface area contributed by atoms with Crippen molar-refractivity contribution in [3.05, 3.63) is 42.2 Å². The maximum absolute atomic E-state index is 13.3. The first-order valence-corrected chi connectivity index (χ1v) is 9.95. The van der Waals surface area contributed by atoms with Crippen LogP contribution < -0.4 is 19.7 Å². The zero-order valence-electron chi connectivity index (χ0n) is 15.2. The molecule has 1 aromatic heterocycles. The third-order valence-corrected chi connectivity index (χ3v) is 5.85. The second kappa shape index (κ2) is 7.00. The monoisotopic (exact) mass is 413 g/mol. The lowest BCUT2D eigenvalue weighted by Gasteiger charge is -2.22. The zero-order valence-corrected chi connectivity index (χ0v) is 16.0. The molecule has 9 heteroatoms. The van der Waals surface area contributed by atoms with Gasteiger partial charge in [-0.15, -0.1) is 0 Å². The van der Waals surface area contributed by atoms with Crippen molar-refractivity contribution in [1.82, 2.24) is 4.98 Å². The van der Waals surface area contributed by atoms with Crippen molar-refractivity contribution in [1.29, 1.82) is 0 Å². The Bertz CT molecular complexity index is 1130. The Balaban J connectivity index is 1.31. The highest BCUT2D eigenvalue weighted by atomic mass is 32.1. The molecule has 2 aliphatic rings. The highest BCUT2D eigenvalue weighted by Crippen LogP contribution is 2.36. The summed E-state index contributed by atoms with van der Waals surface area (Å²) in [4.78, 5) is 31.1. The van der Waals surface area contributed by atoms with Gasteiger partial charge in [-0.2, -0.15) is 0 Å². The molecular formula is C20H16FN3O4S. The number of carbonyl (C=O) groups excluding carboxylic acids is 2. The number of rotatable bonds is 3. The number of carbonyl (C=O) groups is 2. The zero-order chi connectivity index (χ0) is 20.0. The van der Waals surface area contributed by atoms with Gasteiger partial charge in [-0.3, -0.25) is 9.59 Å². The number of benzene rings is 2. The average molecular weight is 413 g/mol. The minimum absolute atomic E-state index is 0.111. The van der Waals surface area contributed by atoms with E-state index < -0.39 is 5.92 Å². The molecule has 148 valence electrons. The number of halogens is 1. The van der Waals surface area contributed by atoms with E-state index in [9.17, 15) is 14.0 Å². The fourth-order valence-electron chi connectivity index (χ4n) is 3.49. The van der Waals surface area contributed by atoms with Crippen molar-refractivity contribution < 1.29 is 23.5 Å². The summed E-state index contributed by atoms with van der Waals surface area (Å²) in [5.41, 5.74) is 1.29. The lowest BCUT2D eigenvalue weighted by Crippen LogP contribution is -2.28. The minimum Gasteiger partial charge on any atom is -0.486 e. The van der Waals surface area contributed by atoms with Crippen LogP contribution in [0.2, 0.25) is 0 Å². The molecule has 2 amide bonds. The van der Waals surface area contributed by atoms with Crippen molar-refractivity contribution in [3.63, 3.8) is 0 Å². The molecule has 0 aliphatic carbocycles. The Labute approximate surface area is 169 Å². The van der Waals surface area contributed by atoms with E-state index in [1.807, 2.05) is 0 Å². The molecule has 0 spiro atoms. The molecule has 3 aromatic rings. The molecule has 2 aliphatic heterocycles. The number of aromatic nitrogens is 1. The van der Waals surface area contributed by atoms with E-state index >= 15 is 0 Å². The quantitative estimate of drug-likeness (QED) is 0.713. The number of hydrogen-bond donors (Lipinski definition) is 1. The number of ether oxygens (including phenoxy) is 2. The van der Waals surface area contributed by atoms with Gasteiger partial charge in [0.05, 0.1) is 16.1 Å². The molecule has 2 aromatic carbocycles. The Morgan fingerprint density at radius 2 is 2.00 bits per heavy atom. The molecular weight excluding hydrogens is 397 g/mol. The van der Waals surface area contributed by atoms with Crippen molar-refractivity contribution in [3.8, 4) is 11.5 Å². The Morgan fingerprint density at radius 3 is 2.86 bits per heavy atom. The van der Waals surface area contributed by atoms with Gasteiger partial charge >= 0.3 is 0 Å². The number of hydrogen-bond acceptors (Lipinski definition) is 6. The fourth-order valence-corrected chi connectivity index (χ4v) is 4.39. The standard InChI is InChI=1S/C20H16FN3O4S/c21-12-1-3-14-17(8-12)29-20(22-14)23-19(26)11-7-18(25)24(10-11)13-2-4-15-16(9-13)28-6-5-27-15/h1-4,8-9,11H,5-7,10H2,(H,22,23,26)/t11-/m0/s1. The van der Waals surface area contributed by atoms with Crippen molar-refractivity contribution in [2.75, 3.05) is 30.0 Å². The topological polar surface area (TPSA) is 80.8 Å². The van der Waals surface area contributed by atoms with Gasteiger partial charge in [0.25, 0.3) is 0 Å². The van der Waals surface area contributed by atoms with Gasteiger partial charge in [-0.25, -0.2) is 9.37 Å². The van der Waals surface area contributed by atoms with Crippen LogP contribution in [0.3, 0.4) is 0 Å². The normalized spacial score (nSPS) is 18.3. The number of amides is 2. The summed E-state index contributed by atoms with van der Waals surface area (Å²) in [7, 11) is 0. The number of fused-ring (bicyclic) bond motifs is 2. The molecule has 0 radical (unpaired) electrons. The van der Waals surface area contributed by atoms with Gasteiger partial charge in [-0.1, -0.05) is 11.3 Å². The summed E-state index contributed by atoms with van der Waals surface area (Å²) in [6, 6.07) is 9.59. The smallest absolute Gasteiger partial charge is 0.231 e. The minimum atomic E-state index is -0.501. The van der Waals surface area contributed by atoms with E-state index in [1.54, 1.807) is 29.2 Å². The van der Waals surface area contributed by atoms with Gasteiger partial charge in [0, 0.05) is 24.7 Å². The van der Waals surface area contributed by atoms with E-state index in [0.717, 1.165) is 0 Å². The maximum Gasteiger partial charge on any atom is 0.231 e. The van der Waals surface area contributed by atoms with E-state index in [-0.39, 0.29) is 30.6 Å². The van der Waals surface area contributed by atoms with Crippen LogP contribution >= 0.6 is 11.3 Å². The first kappa shape index (κ1) is 17.9. The van der Waals surface area contributed by atoms with Gasteiger partial charge < -0.3 is 19.7 Å². The molecule has 1 N–H and O–H groups in total. The Kier molecular flexibility index (Phi) is 4.31. The maximum atomic E-state index is 13.3. The van der Waals surface area contributed by atoms with E-state index in [2.05, 4.69) is 10.3 Å². The lowest BCUT2D eigenvalue weighted by molar-refractivity contribution is -0.122. The van der Waals surface area contributed by atoms with Gasteiger partial charge in [0.1, 0.15) is 19.0 Å². The lowest BCUT2D eigenvalue weighted by atomic mass is 10.1. The number of nitrogens with zero attached hydrogens (tertiary/aromatic N) is 2. The van der Waals surface area contributed by atoms with Crippen LogP contribution in [0.1, 0.15) is 6.42 Å². The molecule has 1 atom stereocenters. The number of anilines is 2. The molecule has 29 heavy (non-hydrogen) atoms. The molecule has 1 saturated heterocycles. The van der Waals surface area contributed by atoms with Gasteiger partial charge in [-0.05, 0) is 30.3 Å². The van der Waals surface area contributed by atoms with E-state index in [0.29, 0.717) is 45.7 Å². The van der Waals surface area contributed by atoms with E-state index in [4.69, 9.17) is 9.47 Å². The van der Waals surface area contributed by atoms with Crippen LogP contribution in [0.5, 0.6) is 11.5 Å². The van der Waals surface area contributed by atoms with E-state index in [1.165, 1.54) is 23.5 Å². The third kappa shape index (κ3) is 3.38. The van der Waals surface area contributed by atoms with Gasteiger partial charge in [0.15, 0.2) is 16.6 Å². The Hall–Kier alpha value is -3.20. The second-order valence-corrected chi connectivity index (χ2v) is 7.88. The van der Waals surface area contributed by atoms with Crippen molar-refractivity contribution >= 4 is 44.2 Å². The second-order valence-electron chi connectivity index (χ2n) is 6.85. The first-order valence-electron chi connectivity index (χ1n) is 9.14. The molecule has 0 saturated carbocycles.